The van der Waals surface area contributed by atoms with E-state index in [9.17, 15) is 0 Å². The number of pyridine rings is 1. The molecule has 15 heavy (non-hydrogen) atoms. The molecule has 1 aliphatic rings. The number of aromatic nitrogens is 1. The van der Waals surface area contributed by atoms with Gasteiger partial charge in [0, 0.05) is 8.99 Å². The van der Waals surface area contributed by atoms with Gasteiger partial charge in [0.05, 0.1) is 18.0 Å². The topological polar surface area (TPSA) is 22.1 Å². The number of hydrogen-bond acceptors (Lipinski definition) is 2. The van der Waals surface area contributed by atoms with Gasteiger partial charge in [-0.05, 0) is 41.5 Å². The summed E-state index contributed by atoms with van der Waals surface area (Å²) in [6, 6.07) is 2.09. The first-order valence-corrected chi connectivity index (χ1v) is 6.37. The Morgan fingerprint density at radius 3 is 2.53 bits per heavy atom. The quantitative estimate of drug-likeness (QED) is 0.779. The van der Waals surface area contributed by atoms with Crippen LogP contribution < -0.4 is 4.74 Å². The van der Waals surface area contributed by atoms with Crippen LogP contribution in [0.4, 0.5) is 0 Å². The maximum atomic E-state index is 5.71. The molecular formula is C12H16INO. The molecule has 0 atom stereocenters. The van der Waals surface area contributed by atoms with Gasteiger partial charge in [-0.2, -0.15) is 0 Å². The highest BCUT2D eigenvalue weighted by Gasteiger charge is 2.25. The zero-order valence-electron chi connectivity index (χ0n) is 9.38. The lowest BCUT2D eigenvalue weighted by molar-refractivity contribution is 0.301. The molecule has 0 radical (unpaired) electrons. The lowest BCUT2D eigenvalue weighted by Gasteiger charge is -2.19. The second-order valence-corrected chi connectivity index (χ2v) is 6.23. The summed E-state index contributed by atoms with van der Waals surface area (Å²) in [5, 5.41) is 0. The molecule has 0 amide bonds. The van der Waals surface area contributed by atoms with E-state index in [0.717, 1.165) is 11.4 Å². The van der Waals surface area contributed by atoms with Gasteiger partial charge in [0.2, 0.25) is 0 Å². The zero-order chi connectivity index (χ0) is 11.1. The lowest BCUT2D eigenvalue weighted by Crippen LogP contribution is -2.15. The fourth-order valence-corrected chi connectivity index (χ4v) is 2.67. The highest BCUT2D eigenvalue weighted by Crippen LogP contribution is 2.30. The van der Waals surface area contributed by atoms with Crippen LogP contribution in [0.1, 0.15) is 39.3 Å². The predicted molar refractivity (Wildman–Crippen MR) is 69.3 cm³/mol. The van der Waals surface area contributed by atoms with E-state index in [4.69, 9.17) is 4.74 Å². The van der Waals surface area contributed by atoms with Crippen LogP contribution in [0.25, 0.3) is 0 Å². The first kappa shape index (κ1) is 11.2. The second-order valence-electron chi connectivity index (χ2n) is 5.07. The number of ether oxygens (including phenoxy) is 1. The Morgan fingerprint density at radius 1 is 1.40 bits per heavy atom. The average molecular weight is 317 g/mol. The molecule has 1 aromatic rings. The summed E-state index contributed by atoms with van der Waals surface area (Å²) in [4.78, 5) is 4.50. The predicted octanol–water partition coefficient (Wildman–Crippen LogP) is 3.52. The molecule has 2 nitrogen and oxygen atoms in total. The van der Waals surface area contributed by atoms with E-state index in [2.05, 4.69) is 54.4 Å². The van der Waals surface area contributed by atoms with Crippen molar-refractivity contribution in [1.29, 1.82) is 0 Å². The second kappa shape index (κ2) is 3.92. The molecule has 1 saturated carbocycles. The van der Waals surface area contributed by atoms with Crippen molar-refractivity contribution in [3.8, 4) is 5.75 Å². The Balaban J connectivity index is 2.21. The molecular weight excluding hydrogens is 301 g/mol. The van der Waals surface area contributed by atoms with E-state index in [1.807, 2.05) is 6.20 Å². The van der Waals surface area contributed by atoms with Crippen LogP contribution in [-0.2, 0) is 5.41 Å². The maximum absolute atomic E-state index is 5.71. The van der Waals surface area contributed by atoms with Crippen molar-refractivity contribution < 1.29 is 4.74 Å². The van der Waals surface area contributed by atoms with E-state index in [1.165, 1.54) is 16.4 Å². The van der Waals surface area contributed by atoms with Crippen LogP contribution in [-0.4, -0.2) is 11.1 Å². The molecule has 0 aromatic carbocycles. The molecule has 2 rings (SSSR count). The molecule has 0 N–H and O–H groups in total. The summed E-state index contributed by atoms with van der Waals surface area (Å²) in [6.45, 7) is 6.54. The monoisotopic (exact) mass is 317 g/mol. The van der Waals surface area contributed by atoms with Gasteiger partial charge in [-0.15, -0.1) is 0 Å². The molecule has 1 aromatic heterocycles. The highest BCUT2D eigenvalue weighted by atomic mass is 127. The van der Waals surface area contributed by atoms with Crippen LogP contribution in [0.2, 0.25) is 0 Å². The van der Waals surface area contributed by atoms with Gasteiger partial charge in [-0.25, -0.2) is 0 Å². The molecule has 0 spiro atoms. The Labute approximate surface area is 105 Å². The zero-order valence-corrected chi connectivity index (χ0v) is 11.5. The van der Waals surface area contributed by atoms with Gasteiger partial charge in [-0.1, -0.05) is 20.8 Å². The van der Waals surface area contributed by atoms with Crippen molar-refractivity contribution in [2.75, 3.05) is 0 Å². The summed E-state index contributed by atoms with van der Waals surface area (Å²) < 4.78 is 6.90. The number of halogens is 1. The molecule has 1 heterocycles. The van der Waals surface area contributed by atoms with Crippen LogP contribution in [0.5, 0.6) is 5.75 Å². The normalized spacial score (nSPS) is 16.5. The molecule has 0 bridgehead atoms. The molecule has 0 aliphatic heterocycles. The summed E-state index contributed by atoms with van der Waals surface area (Å²) >= 11 is 2.34. The first-order valence-electron chi connectivity index (χ1n) is 5.29. The van der Waals surface area contributed by atoms with E-state index >= 15 is 0 Å². The Morgan fingerprint density at radius 2 is 2.07 bits per heavy atom. The van der Waals surface area contributed by atoms with Crippen molar-refractivity contribution in [2.24, 2.45) is 0 Å². The smallest absolute Gasteiger partial charge is 0.139 e. The van der Waals surface area contributed by atoms with Crippen molar-refractivity contribution in [3.05, 3.63) is 21.5 Å². The largest absolute Gasteiger partial charge is 0.489 e. The van der Waals surface area contributed by atoms with Gasteiger partial charge in [0.15, 0.2) is 0 Å². The maximum Gasteiger partial charge on any atom is 0.139 e. The number of hydrogen-bond donors (Lipinski definition) is 0. The third kappa shape index (κ3) is 2.83. The summed E-state index contributed by atoms with van der Waals surface area (Å²) in [6.07, 6.45) is 4.68. The van der Waals surface area contributed by atoms with E-state index in [-0.39, 0.29) is 5.41 Å². The van der Waals surface area contributed by atoms with Crippen molar-refractivity contribution >= 4 is 22.6 Å². The molecule has 3 heteroatoms. The summed E-state index contributed by atoms with van der Waals surface area (Å²) in [5.41, 5.74) is 1.25. The molecule has 82 valence electrons. The van der Waals surface area contributed by atoms with Crippen molar-refractivity contribution in [2.45, 2.75) is 45.1 Å². The van der Waals surface area contributed by atoms with Crippen LogP contribution in [0.3, 0.4) is 0 Å². The first-order chi connectivity index (χ1) is 6.97. The lowest BCUT2D eigenvalue weighted by atomic mass is 9.92. The van der Waals surface area contributed by atoms with Gasteiger partial charge in [-0.3, -0.25) is 4.98 Å². The van der Waals surface area contributed by atoms with Crippen LogP contribution in [0, 0.1) is 3.57 Å². The summed E-state index contributed by atoms with van der Waals surface area (Å²) in [5.74, 6) is 0.912. The number of rotatable bonds is 2. The third-order valence-electron chi connectivity index (χ3n) is 2.35. The van der Waals surface area contributed by atoms with Gasteiger partial charge in [0.25, 0.3) is 0 Å². The Kier molecular flexibility index (Phi) is 2.92. The van der Waals surface area contributed by atoms with Crippen molar-refractivity contribution in [1.82, 2.24) is 4.98 Å². The van der Waals surface area contributed by atoms with E-state index < -0.39 is 0 Å². The molecule has 0 saturated heterocycles. The van der Waals surface area contributed by atoms with E-state index in [0.29, 0.717) is 6.10 Å². The van der Waals surface area contributed by atoms with E-state index in [1.54, 1.807) is 0 Å². The fourth-order valence-electron chi connectivity index (χ4n) is 1.42. The van der Waals surface area contributed by atoms with Crippen molar-refractivity contribution in [3.63, 3.8) is 0 Å². The standard InChI is InChI=1S/C12H16INO/c1-12(2,3)11-10(13)6-9(7-14-11)15-8-4-5-8/h6-8H,4-5H2,1-3H3. The minimum Gasteiger partial charge on any atom is -0.489 e. The minimum absolute atomic E-state index is 0.106. The van der Waals surface area contributed by atoms with Gasteiger partial charge in [0.1, 0.15) is 5.75 Å². The minimum atomic E-state index is 0.106. The Bertz CT molecular complexity index is 366. The highest BCUT2D eigenvalue weighted by molar-refractivity contribution is 14.1. The number of nitrogens with zero attached hydrogens (tertiary/aromatic N) is 1. The average Bonchev–Trinajstić information content (AvgIpc) is 2.85. The fraction of sp³-hybridized carbons (Fsp3) is 0.583. The molecule has 0 unspecified atom stereocenters. The molecule has 1 fully saturated rings. The SMILES string of the molecule is CC(C)(C)c1ncc(OC2CC2)cc1I. The van der Waals surface area contributed by atoms with Crippen LogP contribution in [0.15, 0.2) is 12.3 Å². The van der Waals surface area contributed by atoms with Gasteiger partial charge < -0.3 is 4.74 Å². The Hall–Kier alpha value is -0.320. The molecule has 1 aliphatic carbocycles. The summed E-state index contributed by atoms with van der Waals surface area (Å²) in [7, 11) is 0. The van der Waals surface area contributed by atoms with Crippen LogP contribution >= 0.6 is 22.6 Å². The third-order valence-corrected chi connectivity index (χ3v) is 3.18. The van der Waals surface area contributed by atoms with Gasteiger partial charge >= 0.3 is 0 Å².